The number of benzene rings is 13. The topological polar surface area (TPSA) is 52.6 Å². The Labute approximate surface area is 529 Å². The van der Waals surface area contributed by atoms with Crippen LogP contribution in [0.5, 0.6) is 0 Å². The Morgan fingerprint density at radius 1 is 0.174 bits per heavy atom. The van der Waals surface area contributed by atoms with Gasteiger partial charge in [0.05, 0.1) is 0 Å². The van der Waals surface area contributed by atoms with Crippen molar-refractivity contribution in [3.63, 3.8) is 0 Å². The average Bonchev–Trinajstić information content (AvgIpc) is 2.30. The molecular formula is C78H48Br4O4. The fourth-order valence-electron chi connectivity index (χ4n) is 11.1. The standard InChI is InChI=1S/C24H15BrO.3C18H11BrO/c25-19-12-9-16(10-13-19)18-11-14-23-22(15-18)21-8-4-7-20(24(21)26-23)17-5-2-1-3-6-17;19-14-5-3-4-12(10-14)13-8-9-18-16(11-13)15-6-1-2-7-17(15)20-18;19-14-8-5-12(6-9-14)13-7-10-18-16(11-13)15-3-1-2-4-17(15)20-18;19-14-8-5-12(6-9-14)13-7-10-16-15-3-1-2-4-17(15)20-18(16)11-13/h1-15H;3*1-11H. The number of para-hydroxylation sites is 4. The molecule has 0 unspecified atom stereocenters. The highest BCUT2D eigenvalue weighted by atomic mass is 79.9. The van der Waals surface area contributed by atoms with Gasteiger partial charge >= 0.3 is 0 Å². The number of fused-ring (bicyclic) bond motifs is 12. The summed E-state index contributed by atoms with van der Waals surface area (Å²) >= 11 is 14.0. The number of furan rings is 4. The lowest BCUT2D eigenvalue weighted by Crippen LogP contribution is -1.78. The summed E-state index contributed by atoms with van der Waals surface area (Å²) in [6, 6.07) is 100. The summed E-state index contributed by atoms with van der Waals surface area (Å²) in [4.78, 5) is 0. The van der Waals surface area contributed by atoms with Crippen LogP contribution in [-0.2, 0) is 0 Å². The Balaban J connectivity index is 0.000000102. The lowest BCUT2D eigenvalue weighted by atomic mass is 10.0. The molecule has 17 rings (SSSR count). The van der Waals surface area contributed by atoms with Crippen molar-refractivity contribution >= 4 is 151 Å². The predicted octanol–water partition coefficient (Wildman–Crippen LogP) is 25.7. The van der Waals surface area contributed by atoms with Crippen LogP contribution in [0.25, 0.3) is 143 Å². The first-order chi connectivity index (χ1) is 42.2. The van der Waals surface area contributed by atoms with E-state index >= 15 is 0 Å². The van der Waals surface area contributed by atoms with E-state index in [2.05, 4.69) is 276 Å². The van der Waals surface area contributed by atoms with Gasteiger partial charge in [-0.3, -0.25) is 0 Å². The zero-order chi connectivity index (χ0) is 58.1. The van der Waals surface area contributed by atoms with Crippen molar-refractivity contribution < 1.29 is 17.7 Å². The summed E-state index contributed by atoms with van der Waals surface area (Å²) in [5.74, 6) is 0. The smallest absolute Gasteiger partial charge is 0.143 e. The van der Waals surface area contributed by atoms with E-state index in [-0.39, 0.29) is 0 Å². The summed E-state index contributed by atoms with van der Waals surface area (Å²) in [5, 5.41) is 9.31. The van der Waals surface area contributed by atoms with Crippen molar-refractivity contribution in [2.75, 3.05) is 0 Å². The minimum absolute atomic E-state index is 0.921. The molecule has 0 radical (unpaired) electrons. The fraction of sp³-hybridized carbons (Fsp3) is 0. The molecular weight excluding hydrogens is 1320 g/mol. The van der Waals surface area contributed by atoms with E-state index in [4.69, 9.17) is 17.7 Å². The van der Waals surface area contributed by atoms with E-state index in [0.717, 1.165) is 84.3 Å². The third kappa shape index (κ3) is 11.4. The van der Waals surface area contributed by atoms with Crippen molar-refractivity contribution in [1.29, 1.82) is 0 Å². The molecule has 0 N–H and O–H groups in total. The molecule has 0 spiro atoms. The van der Waals surface area contributed by atoms with Crippen molar-refractivity contribution in [2.45, 2.75) is 0 Å². The number of hydrogen-bond donors (Lipinski definition) is 0. The number of halogens is 4. The molecule has 412 valence electrons. The Morgan fingerprint density at radius 3 is 1.02 bits per heavy atom. The van der Waals surface area contributed by atoms with Crippen molar-refractivity contribution in [2.24, 2.45) is 0 Å². The molecule has 0 bridgehead atoms. The van der Waals surface area contributed by atoms with Crippen LogP contribution in [0.15, 0.2) is 327 Å². The summed E-state index contributed by atoms with van der Waals surface area (Å²) < 4.78 is 28.2. The second kappa shape index (κ2) is 24.2. The second-order valence-electron chi connectivity index (χ2n) is 20.8. The quantitative estimate of drug-likeness (QED) is 0.172. The SMILES string of the molecule is Brc1ccc(-c2ccc3c(c2)oc2ccccc23)cc1.Brc1ccc(-c2ccc3oc4c(-c5ccccc5)cccc4c3c2)cc1.Brc1ccc(-c2ccc3oc4ccccc4c3c2)cc1.Brc1cccc(-c2ccc3oc4ccccc4c3c2)c1. The highest BCUT2D eigenvalue weighted by Crippen LogP contribution is 2.39. The zero-order valence-electron chi connectivity index (χ0n) is 45.9. The zero-order valence-corrected chi connectivity index (χ0v) is 52.2. The van der Waals surface area contributed by atoms with Crippen molar-refractivity contribution in [3.05, 3.63) is 309 Å². The third-order valence-electron chi connectivity index (χ3n) is 15.4. The largest absolute Gasteiger partial charge is 0.456 e. The molecule has 0 amide bonds. The summed E-state index contributed by atoms with van der Waals surface area (Å²) in [6.45, 7) is 0. The molecule has 8 heteroatoms. The molecule has 4 nitrogen and oxygen atoms in total. The lowest BCUT2D eigenvalue weighted by molar-refractivity contribution is 0.668. The first-order valence-electron chi connectivity index (χ1n) is 28.0. The highest BCUT2D eigenvalue weighted by Gasteiger charge is 2.15. The van der Waals surface area contributed by atoms with Crippen LogP contribution in [0.3, 0.4) is 0 Å². The minimum atomic E-state index is 0.921. The molecule has 0 atom stereocenters. The Kier molecular flexibility index (Phi) is 15.4. The molecule has 0 aliphatic rings. The van der Waals surface area contributed by atoms with Crippen LogP contribution in [-0.4, -0.2) is 0 Å². The molecule has 0 saturated heterocycles. The molecule has 17 aromatic rings. The van der Waals surface area contributed by atoms with Crippen LogP contribution >= 0.6 is 63.7 Å². The maximum atomic E-state index is 6.24. The average molecular weight is 1370 g/mol. The first-order valence-corrected chi connectivity index (χ1v) is 31.2. The third-order valence-corrected chi connectivity index (χ3v) is 17.5. The lowest BCUT2D eigenvalue weighted by Gasteiger charge is -2.02. The summed E-state index contributed by atoms with van der Waals surface area (Å²) in [7, 11) is 0. The number of rotatable bonds is 5. The normalized spacial score (nSPS) is 11.3. The van der Waals surface area contributed by atoms with Crippen molar-refractivity contribution in [3.8, 4) is 55.6 Å². The maximum Gasteiger partial charge on any atom is 0.143 e. The molecule has 4 aromatic heterocycles. The van der Waals surface area contributed by atoms with Gasteiger partial charge in [0.2, 0.25) is 0 Å². The molecule has 4 heterocycles. The van der Waals surface area contributed by atoms with Gasteiger partial charge in [-0.25, -0.2) is 0 Å². The maximum absolute atomic E-state index is 6.24. The van der Waals surface area contributed by atoms with Gasteiger partial charge in [-0.2, -0.15) is 0 Å². The Morgan fingerprint density at radius 2 is 0.512 bits per heavy atom. The monoisotopic (exact) mass is 1360 g/mol. The minimum Gasteiger partial charge on any atom is -0.456 e. The Hall–Kier alpha value is -9.02. The molecule has 0 fully saturated rings. The van der Waals surface area contributed by atoms with E-state index < -0.39 is 0 Å². The van der Waals surface area contributed by atoms with Gasteiger partial charge in [-0.1, -0.05) is 240 Å². The molecule has 86 heavy (non-hydrogen) atoms. The van der Waals surface area contributed by atoms with E-state index in [1.165, 1.54) is 77.0 Å². The molecule has 0 saturated carbocycles. The van der Waals surface area contributed by atoms with Gasteiger partial charge < -0.3 is 17.7 Å². The van der Waals surface area contributed by atoms with Gasteiger partial charge in [-0.15, -0.1) is 0 Å². The van der Waals surface area contributed by atoms with Gasteiger partial charge in [0.1, 0.15) is 44.7 Å². The van der Waals surface area contributed by atoms with Crippen LogP contribution in [0.1, 0.15) is 0 Å². The van der Waals surface area contributed by atoms with Gasteiger partial charge in [0, 0.05) is 66.5 Å². The van der Waals surface area contributed by atoms with Crippen molar-refractivity contribution in [1.82, 2.24) is 0 Å². The predicted molar refractivity (Wildman–Crippen MR) is 373 cm³/mol. The summed E-state index contributed by atoms with van der Waals surface area (Å²) in [6.07, 6.45) is 0. The first kappa shape index (κ1) is 54.9. The van der Waals surface area contributed by atoms with Crippen LogP contribution < -0.4 is 0 Å². The Bertz CT molecular complexity index is 5260. The van der Waals surface area contributed by atoms with Crippen LogP contribution in [0.4, 0.5) is 0 Å². The second-order valence-corrected chi connectivity index (χ2v) is 24.5. The van der Waals surface area contributed by atoms with E-state index in [0.29, 0.717) is 0 Å². The van der Waals surface area contributed by atoms with E-state index in [1.54, 1.807) is 0 Å². The van der Waals surface area contributed by atoms with Crippen LogP contribution in [0, 0.1) is 0 Å². The fourth-order valence-corrected chi connectivity index (χ4v) is 12.3. The van der Waals surface area contributed by atoms with Gasteiger partial charge in [0.15, 0.2) is 0 Å². The van der Waals surface area contributed by atoms with Gasteiger partial charge in [-0.05, 0) is 165 Å². The van der Waals surface area contributed by atoms with E-state index in [1.807, 2.05) is 78.9 Å². The highest BCUT2D eigenvalue weighted by molar-refractivity contribution is 9.11. The summed E-state index contributed by atoms with van der Waals surface area (Å²) in [5.41, 5.74) is 19.4. The van der Waals surface area contributed by atoms with E-state index in [9.17, 15) is 0 Å². The molecule has 0 aliphatic heterocycles. The van der Waals surface area contributed by atoms with Crippen LogP contribution in [0.2, 0.25) is 0 Å². The van der Waals surface area contributed by atoms with Gasteiger partial charge in [0.25, 0.3) is 0 Å². The molecule has 13 aromatic carbocycles. The molecule has 0 aliphatic carbocycles. The number of hydrogen-bond acceptors (Lipinski definition) is 4.